The van der Waals surface area contributed by atoms with E-state index in [1.54, 1.807) is 6.07 Å². The van der Waals surface area contributed by atoms with E-state index in [1.807, 2.05) is 0 Å². The molecule has 108 valence electrons. The molecule has 5 heteroatoms. The van der Waals surface area contributed by atoms with Crippen LogP contribution < -0.4 is 5.73 Å². The third-order valence-corrected chi connectivity index (χ3v) is 3.50. The topological polar surface area (TPSA) is 53.1 Å². The second-order valence-corrected chi connectivity index (χ2v) is 5.04. The van der Waals surface area contributed by atoms with Crippen LogP contribution in [0.1, 0.15) is 24.8 Å². The molecule has 1 aliphatic rings. The van der Waals surface area contributed by atoms with Crippen LogP contribution in [0.25, 0.3) is 5.57 Å². The van der Waals surface area contributed by atoms with Gasteiger partial charge in [0, 0.05) is 19.5 Å². The van der Waals surface area contributed by atoms with E-state index in [1.165, 1.54) is 12.1 Å². The quantitative estimate of drug-likeness (QED) is 0.643. The number of halogens is 2. The third kappa shape index (κ3) is 3.87. The molecule has 0 atom stereocenters. The molecule has 3 nitrogen and oxygen atoms in total. The average molecular weight is 279 g/mol. The number of nitrogens with zero attached hydrogens (tertiary/aromatic N) is 1. The lowest BCUT2D eigenvalue weighted by atomic mass is 9.99. The maximum absolute atomic E-state index is 13.2. The number of benzene rings is 1. The Labute approximate surface area is 117 Å². The molecule has 1 aliphatic heterocycles. The van der Waals surface area contributed by atoms with Gasteiger partial charge in [0.05, 0.1) is 5.84 Å². The van der Waals surface area contributed by atoms with E-state index in [4.69, 9.17) is 11.1 Å². The molecule has 0 aliphatic carbocycles. The Kier molecular flexibility index (Phi) is 4.84. The molecular formula is C15H19F2N3. The van der Waals surface area contributed by atoms with Crippen molar-refractivity contribution in [2.75, 3.05) is 19.6 Å². The van der Waals surface area contributed by atoms with Gasteiger partial charge < -0.3 is 5.73 Å². The van der Waals surface area contributed by atoms with Crippen molar-refractivity contribution in [2.24, 2.45) is 5.73 Å². The van der Waals surface area contributed by atoms with Crippen LogP contribution in [0, 0.1) is 17.0 Å². The summed E-state index contributed by atoms with van der Waals surface area (Å²) in [6, 6.07) is 4.05. The van der Waals surface area contributed by atoms with Crippen molar-refractivity contribution in [3.8, 4) is 0 Å². The van der Waals surface area contributed by atoms with E-state index < -0.39 is 11.6 Å². The molecule has 0 bridgehead atoms. The fraction of sp³-hybridized carbons (Fsp3) is 0.400. The SMILES string of the molecule is N=C(N)CCCN1CC=C(c2ccc(F)c(F)c2)CC1. The summed E-state index contributed by atoms with van der Waals surface area (Å²) in [6.45, 7) is 2.59. The van der Waals surface area contributed by atoms with Gasteiger partial charge in [0.1, 0.15) is 0 Å². The molecule has 0 unspecified atom stereocenters. The number of hydrogen-bond donors (Lipinski definition) is 2. The molecule has 0 saturated heterocycles. The Hall–Kier alpha value is -1.75. The van der Waals surface area contributed by atoms with Crippen LogP contribution in [0.2, 0.25) is 0 Å². The first-order valence-electron chi connectivity index (χ1n) is 6.76. The largest absolute Gasteiger partial charge is 0.388 e. The highest BCUT2D eigenvalue weighted by atomic mass is 19.2. The molecule has 20 heavy (non-hydrogen) atoms. The lowest BCUT2D eigenvalue weighted by Gasteiger charge is -2.26. The second-order valence-electron chi connectivity index (χ2n) is 5.04. The van der Waals surface area contributed by atoms with Crippen LogP contribution in [0.15, 0.2) is 24.3 Å². The number of rotatable bonds is 5. The van der Waals surface area contributed by atoms with Gasteiger partial charge in [-0.25, -0.2) is 8.78 Å². The zero-order chi connectivity index (χ0) is 14.5. The summed E-state index contributed by atoms with van der Waals surface area (Å²) in [4.78, 5) is 2.27. The number of amidine groups is 1. The van der Waals surface area contributed by atoms with Gasteiger partial charge in [0.15, 0.2) is 11.6 Å². The van der Waals surface area contributed by atoms with E-state index in [0.29, 0.717) is 6.42 Å². The first kappa shape index (κ1) is 14.7. The highest BCUT2D eigenvalue weighted by Crippen LogP contribution is 2.23. The average Bonchev–Trinajstić information content (AvgIpc) is 2.42. The molecule has 0 fully saturated rings. The van der Waals surface area contributed by atoms with Crippen LogP contribution in [0.3, 0.4) is 0 Å². The normalized spacial score (nSPS) is 16.0. The van der Waals surface area contributed by atoms with E-state index in [2.05, 4.69) is 11.0 Å². The monoisotopic (exact) mass is 279 g/mol. The molecule has 0 amide bonds. The Morgan fingerprint density at radius 1 is 1.30 bits per heavy atom. The number of hydrogen-bond acceptors (Lipinski definition) is 2. The molecule has 0 radical (unpaired) electrons. The summed E-state index contributed by atoms with van der Waals surface area (Å²) in [7, 11) is 0. The van der Waals surface area contributed by atoms with Gasteiger partial charge in [-0.2, -0.15) is 0 Å². The maximum Gasteiger partial charge on any atom is 0.159 e. The second kappa shape index (κ2) is 6.61. The minimum atomic E-state index is -0.809. The van der Waals surface area contributed by atoms with E-state index in [-0.39, 0.29) is 5.84 Å². The van der Waals surface area contributed by atoms with Crippen LogP contribution in [-0.2, 0) is 0 Å². The van der Waals surface area contributed by atoms with Gasteiger partial charge in [-0.3, -0.25) is 10.3 Å². The smallest absolute Gasteiger partial charge is 0.159 e. The Balaban J connectivity index is 1.91. The molecule has 1 aromatic carbocycles. The maximum atomic E-state index is 13.2. The minimum Gasteiger partial charge on any atom is -0.388 e. The number of nitrogens with two attached hydrogens (primary N) is 1. The van der Waals surface area contributed by atoms with Crippen molar-refractivity contribution in [3.63, 3.8) is 0 Å². The van der Waals surface area contributed by atoms with Crippen molar-refractivity contribution in [2.45, 2.75) is 19.3 Å². The molecule has 0 saturated carbocycles. The lowest BCUT2D eigenvalue weighted by molar-refractivity contribution is 0.300. The van der Waals surface area contributed by atoms with E-state index in [0.717, 1.165) is 43.6 Å². The predicted molar refractivity (Wildman–Crippen MR) is 76.5 cm³/mol. The van der Waals surface area contributed by atoms with E-state index in [9.17, 15) is 8.78 Å². The highest BCUT2D eigenvalue weighted by molar-refractivity contribution is 5.76. The summed E-state index contributed by atoms with van der Waals surface area (Å²) >= 11 is 0. The predicted octanol–water partition coefficient (Wildman–Crippen LogP) is 2.77. The summed E-state index contributed by atoms with van der Waals surface area (Å²) < 4.78 is 26.1. The van der Waals surface area contributed by atoms with Crippen molar-refractivity contribution < 1.29 is 8.78 Å². The Morgan fingerprint density at radius 3 is 2.70 bits per heavy atom. The van der Waals surface area contributed by atoms with Crippen molar-refractivity contribution >= 4 is 11.4 Å². The van der Waals surface area contributed by atoms with Crippen LogP contribution in [-0.4, -0.2) is 30.4 Å². The Bertz CT molecular complexity index is 526. The standard InChI is InChI=1S/C15H19F2N3/c16-13-4-3-12(10-14(13)17)11-5-8-20(9-6-11)7-1-2-15(18)19/h3-5,10H,1-2,6-9H2,(H3,18,19). The first-order valence-corrected chi connectivity index (χ1v) is 6.76. The zero-order valence-corrected chi connectivity index (χ0v) is 11.3. The lowest BCUT2D eigenvalue weighted by Crippen LogP contribution is -2.30. The number of nitrogens with one attached hydrogen (secondary N) is 1. The van der Waals surface area contributed by atoms with Gasteiger partial charge in [0.25, 0.3) is 0 Å². The summed E-state index contributed by atoms with van der Waals surface area (Å²) in [5.74, 6) is -1.39. The highest BCUT2D eigenvalue weighted by Gasteiger charge is 2.14. The molecular weight excluding hydrogens is 260 g/mol. The molecule has 1 heterocycles. The van der Waals surface area contributed by atoms with Gasteiger partial charge in [-0.15, -0.1) is 0 Å². The van der Waals surface area contributed by atoms with Gasteiger partial charge in [-0.05, 0) is 42.7 Å². The molecule has 1 aromatic rings. The first-order chi connectivity index (χ1) is 9.56. The molecule has 0 spiro atoms. The summed E-state index contributed by atoms with van der Waals surface area (Å²) in [5.41, 5.74) is 7.14. The Morgan fingerprint density at radius 2 is 2.10 bits per heavy atom. The molecule has 0 aromatic heterocycles. The fourth-order valence-corrected chi connectivity index (χ4v) is 2.37. The van der Waals surface area contributed by atoms with Crippen molar-refractivity contribution in [1.29, 1.82) is 5.41 Å². The molecule has 3 N–H and O–H groups in total. The van der Waals surface area contributed by atoms with Crippen molar-refractivity contribution in [3.05, 3.63) is 41.5 Å². The van der Waals surface area contributed by atoms with Crippen LogP contribution in [0.4, 0.5) is 8.78 Å². The minimum absolute atomic E-state index is 0.222. The van der Waals surface area contributed by atoms with Gasteiger partial charge in [-0.1, -0.05) is 12.1 Å². The van der Waals surface area contributed by atoms with Crippen molar-refractivity contribution in [1.82, 2.24) is 4.90 Å². The van der Waals surface area contributed by atoms with Crippen LogP contribution >= 0.6 is 0 Å². The fourth-order valence-electron chi connectivity index (χ4n) is 2.37. The summed E-state index contributed by atoms with van der Waals surface area (Å²) in [5, 5.41) is 7.17. The molecule has 2 rings (SSSR count). The van der Waals surface area contributed by atoms with Crippen LogP contribution in [0.5, 0.6) is 0 Å². The summed E-state index contributed by atoms with van der Waals surface area (Å²) in [6.07, 6.45) is 4.38. The van der Waals surface area contributed by atoms with Gasteiger partial charge >= 0.3 is 0 Å². The van der Waals surface area contributed by atoms with Gasteiger partial charge in [0.2, 0.25) is 0 Å². The zero-order valence-electron chi connectivity index (χ0n) is 11.3. The van der Waals surface area contributed by atoms with E-state index >= 15 is 0 Å². The third-order valence-electron chi connectivity index (χ3n) is 3.50.